The standard InChI is InChI=1S/C11H14BrN3O3S/c12-8-5-14-10(19-8)9(16)13-4-7-2-1-3-15(6-7)11(17)18/h5,7H,1-4,6H2,(H,13,16)(H,17,18). The van der Waals surface area contributed by atoms with Gasteiger partial charge >= 0.3 is 6.09 Å². The van der Waals surface area contributed by atoms with Gasteiger partial charge in [0.1, 0.15) is 0 Å². The summed E-state index contributed by atoms with van der Waals surface area (Å²) in [6, 6.07) is 0. The molecule has 19 heavy (non-hydrogen) atoms. The molecule has 1 aromatic heterocycles. The van der Waals surface area contributed by atoms with Crippen LogP contribution in [0.25, 0.3) is 0 Å². The lowest BCUT2D eigenvalue weighted by Gasteiger charge is -2.30. The van der Waals surface area contributed by atoms with Gasteiger partial charge in [-0.2, -0.15) is 0 Å². The minimum absolute atomic E-state index is 0.178. The number of aromatic nitrogens is 1. The largest absolute Gasteiger partial charge is 0.465 e. The van der Waals surface area contributed by atoms with Crippen LogP contribution in [0.5, 0.6) is 0 Å². The summed E-state index contributed by atoms with van der Waals surface area (Å²) in [5.41, 5.74) is 0. The summed E-state index contributed by atoms with van der Waals surface area (Å²) in [6.45, 7) is 1.55. The van der Waals surface area contributed by atoms with Crippen molar-refractivity contribution in [3.05, 3.63) is 15.0 Å². The first-order valence-corrected chi connectivity index (χ1v) is 7.54. The molecule has 2 amide bonds. The van der Waals surface area contributed by atoms with Gasteiger partial charge in [0, 0.05) is 19.6 Å². The molecule has 1 fully saturated rings. The lowest BCUT2D eigenvalue weighted by atomic mass is 9.98. The second-order valence-corrected chi connectivity index (χ2v) is 6.83. The maximum atomic E-state index is 11.8. The molecule has 0 aromatic carbocycles. The third-order valence-corrected chi connectivity index (χ3v) is 4.49. The first kappa shape index (κ1) is 14.3. The highest BCUT2D eigenvalue weighted by atomic mass is 79.9. The fourth-order valence-corrected chi connectivity index (χ4v) is 3.20. The zero-order chi connectivity index (χ0) is 13.8. The molecule has 0 spiro atoms. The zero-order valence-electron chi connectivity index (χ0n) is 10.1. The predicted molar refractivity (Wildman–Crippen MR) is 74.5 cm³/mol. The molecule has 2 heterocycles. The van der Waals surface area contributed by atoms with Crippen LogP contribution in [-0.4, -0.2) is 46.6 Å². The number of carbonyl (C=O) groups excluding carboxylic acids is 1. The molecule has 6 nitrogen and oxygen atoms in total. The molecule has 2 rings (SSSR count). The van der Waals surface area contributed by atoms with E-state index in [4.69, 9.17) is 5.11 Å². The molecule has 104 valence electrons. The maximum Gasteiger partial charge on any atom is 0.407 e. The third-order valence-electron chi connectivity index (χ3n) is 3.01. The zero-order valence-corrected chi connectivity index (χ0v) is 12.5. The number of rotatable bonds is 3. The molecule has 0 aliphatic carbocycles. The molecule has 0 bridgehead atoms. The fraction of sp³-hybridized carbons (Fsp3) is 0.545. The molecule has 0 radical (unpaired) electrons. The van der Waals surface area contributed by atoms with Crippen LogP contribution in [0.1, 0.15) is 22.6 Å². The molecule has 1 unspecified atom stereocenters. The van der Waals surface area contributed by atoms with E-state index >= 15 is 0 Å². The van der Waals surface area contributed by atoms with Gasteiger partial charge < -0.3 is 15.3 Å². The number of carboxylic acid groups (broad SMARTS) is 1. The molecule has 1 aromatic rings. The van der Waals surface area contributed by atoms with Gasteiger partial charge in [-0.1, -0.05) is 0 Å². The number of amides is 2. The Kier molecular flexibility index (Phi) is 4.76. The summed E-state index contributed by atoms with van der Waals surface area (Å²) >= 11 is 4.53. The van der Waals surface area contributed by atoms with Gasteiger partial charge in [0.25, 0.3) is 5.91 Å². The molecule has 0 saturated carbocycles. The van der Waals surface area contributed by atoms with E-state index in [1.807, 2.05) is 0 Å². The van der Waals surface area contributed by atoms with Crippen molar-refractivity contribution in [2.75, 3.05) is 19.6 Å². The van der Waals surface area contributed by atoms with Crippen molar-refractivity contribution in [3.63, 3.8) is 0 Å². The molecule has 1 saturated heterocycles. The topological polar surface area (TPSA) is 82.5 Å². The number of thiazole rings is 1. The summed E-state index contributed by atoms with van der Waals surface area (Å²) in [5.74, 6) is -0.0275. The van der Waals surface area contributed by atoms with E-state index in [1.165, 1.54) is 16.2 Å². The van der Waals surface area contributed by atoms with Crippen molar-refractivity contribution in [1.29, 1.82) is 0 Å². The smallest absolute Gasteiger partial charge is 0.407 e. The Hall–Kier alpha value is -1.15. The Balaban J connectivity index is 1.82. The first-order chi connectivity index (χ1) is 9.06. The van der Waals surface area contributed by atoms with E-state index in [0.29, 0.717) is 24.6 Å². The monoisotopic (exact) mass is 347 g/mol. The number of hydrogen-bond donors (Lipinski definition) is 2. The van der Waals surface area contributed by atoms with Crippen molar-refractivity contribution in [1.82, 2.24) is 15.2 Å². The second kappa shape index (κ2) is 6.33. The first-order valence-electron chi connectivity index (χ1n) is 5.93. The van der Waals surface area contributed by atoms with Gasteiger partial charge in [0.05, 0.1) is 9.98 Å². The molecule has 1 atom stereocenters. The van der Waals surface area contributed by atoms with Crippen LogP contribution in [0.4, 0.5) is 4.79 Å². The van der Waals surface area contributed by atoms with Crippen LogP contribution in [0, 0.1) is 5.92 Å². The maximum absolute atomic E-state index is 11.8. The molecular weight excluding hydrogens is 334 g/mol. The van der Waals surface area contributed by atoms with Crippen molar-refractivity contribution in [2.24, 2.45) is 5.92 Å². The fourth-order valence-electron chi connectivity index (χ4n) is 2.08. The number of carbonyl (C=O) groups is 2. The summed E-state index contributed by atoms with van der Waals surface area (Å²) in [7, 11) is 0. The summed E-state index contributed by atoms with van der Waals surface area (Å²) in [5, 5.41) is 12.2. The lowest BCUT2D eigenvalue weighted by molar-refractivity contribution is 0.0928. The van der Waals surface area contributed by atoms with E-state index in [0.717, 1.165) is 16.6 Å². The van der Waals surface area contributed by atoms with Gasteiger partial charge in [-0.25, -0.2) is 9.78 Å². The van der Waals surface area contributed by atoms with Crippen molar-refractivity contribution in [3.8, 4) is 0 Å². The molecule has 1 aliphatic rings. The van der Waals surface area contributed by atoms with Crippen LogP contribution in [0.3, 0.4) is 0 Å². The number of piperidine rings is 1. The molecule has 2 N–H and O–H groups in total. The number of hydrogen-bond acceptors (Lipinski definition) is 4. The average Bonchev–Trinajstić information content (AvgIpc) is 2.83. The van der Waals surface area contributed by atoms with Crippen LogP contribution in [0.15, 0.2) is 9.98 Å². The van der Waals surface area contributed by atoms with Gasteiger partial charge in [0.15, 0.2) is 5.01 Å². The normalized spacial score (nSPS) is 19.2. The van der Waals surface area contributed by atoms with Gasteiger partial charge in [-0.05, 0) is 34.7 Å². The average molecular weight is 348 g/mol. The molecular formula is C11H14BrN3O3S. The van der Waals surface area contributed by atoms with Gasteiger partial charge in [0.2, 0.25) is 0 Å². The molecule has 8 heteroatoms. The van der Waals surface area contributed by atoms with Gasteiger partial charge in [-0.15, -0.1) is 11.3 Å². The summed E-state index contributed by atoms with van der Waals surface area (Å²) in [4.78, 5) is 28.1. The Morgan fingerprint density at radius 2 is 2.42 bits per heavy atom. The van der Waals surface area contributed by atoms with Gasteiger partial charge in [-0.3, -0.25) is 4.79 Å². The van der Waals surface area contributed by atoms with Crippen molar-refractivity contribution in [2.45, 2.75) is 12.8 Å². The van der Waals surface area contributed by atoms with Crippen LogP contribution < -0.4 is 5.32 Å². The predicted octanol–water partition coefficient (Wildman–Crippen LogP) is 2.03. The van der Waals surface area contributed by atoms with Crippen LogP contribution in [-0.2, 0) is 0 Å². The van der Waals surface area contributed by atoms with Crippen molar-refractivity contribution >= 4 is 39.3 Å². The van der Waals surface area contributed by atoms with E-state index in [2.05, 4.69) is 26.2 Å². The highest BCUT2D eigenvalue weighted by Gasteiger charge is 2.23. The lowest BCUT2D eigenvalue weighted by Crippen LogP contribution is -2.43. The SMILES string of the molecule is O=C(NCC1CCCN(C(=O)O)C1)c1ncc(Br)s1. The van der Waals surface area contributed by atoms with E-state index in [1.54, 1.807) is 6.20 Å². The van der Waals surface area contributed by atoms with E-state index in [9.17, 15) is 9.59 Å². The highest BCUT2D eigenvalue weighted by Crippen LogP contribution is 2.19. The Labute approximate surface area is 122 Å². The van der Waals surface area contributed by atoms with E-state index in [-0.39, 0.29) is 11.8 Å². The molecule has 1 aliphatic heterocycles. The number of likely N-dealkylation sites (tertiary alicyclic amines) is 1. The highest BCUT2D eigenvalue weighted by molar-refractivity contribution is 9.11. The van der Waals surface area contributed by atoms with Crippen molar-refractivity contribution < 1.29 is 14.7 Å². The Morgan fingerprint density at radius 1 is 1.63 bits per heavy atom. The number of halogens is 1. The number of nitrogens with one attached hydrogen (secondary N) is 1. The van der Waals surface area contributed by atoms with E-state index < -0.39 is 6.09 Å². The second-order valence-electron chi connectivity index (χ2n) is 4.42. The number of nitrogens with zero attached hydrogens (tertiary/aromatic N) is 2. The quantitative estimate of drug-likeness (QED) is 0.876. The van der Waals surface area contributed by atoms with Crippen LogP contribution >= 0.6 is 27.3 Å². The Morgan fingerprint density at radius 3 is 3.05 bits per heavy atom. The summed E-state index contributed by atoms with van der Waals surface area (Å²) in [6.07, 6.45) is 2.48. The third kappa shape index (κ3) is 3.90. The minimum atomic E-state index is -0.889. The minimum Gasteiger partial charge on any atom is -0.465 e. The summed E-state index contributed by atoms with van der Waals surface area (Å²) < 4.78 is 0.812. The Bertz CT molecular complexity index is 480. The van der Waals surface area contributed by atoms with Crippen LogP contribution in [0.2, 0.25) is 0 Å².